The van der Waals surface area contributed by atoms with Crippen molar-refractivity contribution in [1.82, 2.24) is 4.98 Å². The van der Waals surface area contributed by atoms with E-state index in [0.717, 1.165) is 5.39 Å². The molecule has 3 N–H and O–H groups in total. The largest absolute Gasteiger partial charge is 0.504 e. The van der Waals surface area contributed by atoms with Gasteiger partial charge in [0.05, 0.1) is 5.52 Å². The SMILES string of the molecule is Oc1ccc2cc[nH]c2c1O. The van der Waals surface area contributed by atoms with E-state index in [2.05, 4.69) is 4.98 Å². The number of benzene rings is 1. The fourth-order valence-corrected chi connectivity index (χ4v) is 1.10. The standard InChI is InChI=1S/C8H7NO2/c10-6-2-1-5-3-4-9-7(5)8(6)11/h1-4,9-11H. The maximum absolute atomic E-state index is 9.27. The zero-order chi connectivity index (χ0) is 7.84. The van der Waals surface area contributed by atoms with E-state index in [1.807, 2.05) is 6.07 Å². The summed E-state index contributed by atoms with van der Waals surface area (Å²) in [5, 5.41) is 19.2. The average Bonchev–Trinajstić information content (AvgIpc) is 2.45. The third-order valence-corrected chi connectivity index (χ3v) is 1.68. The van der Waals surface area contributed by atoms with Crippen LogP contribution in [0.3, 0.4) is 0 Å². The van der Waals surface area contributed by atoms with Gasteiger partial charge in [-0.2, -0.15) is 0 Å². The number of fused-ring (bicyclic) bond motifs is 1. The Morgan fingerprint density at radius 2 is 1.91 bits per heavy atom. The van der Waals surface area contributed by atoms with Gasteiger partial charge in [0.15, 0.2) is 11.5 Å². The van der Waals surface area contributed by atoms with Gasteiger partial charge in [0, 0.05) is 11.6 Å². The Morgan fingerprint density at radius 1 is 1.09 bits per heavy atom. The second-order valence-electron chi connectivity index (χ2n) is 2.38. The van der Waals surface area contributed by atoms with Crippen LogP contribution in [0.25, 0.3) is 10.9 Å². The van der Waals surface area contributed by atoms with E-state index in [1.165, 1.54) is 6.07 Å². The molecule has 0 amide bonds. The summed E-state index contributed by atoms with van der Waals surface area (Å²) in [6, 6.07) is 5.03. The van der Waals surface area contributed by atoms with E-state index in [4.69, 9.17) is 5.11 Å². The fourth-order valence-electron chi connectivity index (χ4n) is 1.10. The van der Waals surface area contributed by atoms with Gasteiger partial charge in [0.2, 0.25) is 0 Å². The van der Waals surface area contributed by atoms with Gasteiger partial charge in [-0.1, -0.05) is 0 Å². The summed E-state index contributed by atoms with van der Waals surface area (Å²) >= 11 is 0. The molecule has 0 bridgehead atoms. The topological polar surface area (TPSA) is 56.2 Å². The van der Waals surface area contributed by atoms with E-state index >= 15 is 0 Å². The van der Waals surface area contributed by atoms with Crippen LogP contribution in [0.1, 0.15) is 0 Å². The summed E-state index contributed by atoms with van der Waals surface area (Å²) in [6.07, 6.45) is 1.71. The van der Waals surface area contributed by atoms with Crippen molar-refractivity contribution in [2.24, 2.45) is 0 Å². The zero-order valence-corrected chi connectivity index (χ0v) is 5.70. The predicted octanol–water partition coefficient (Wildman–Crippen LogP) is 1.58. The van der Waals surface area contributed by atoms with Gasteiger partial charge in [-0.25, -0.2) is 0 Å². The molecule has 3 heteroatoms. The molecule has 0 spiro atoms. The Morgan fingerprint density at radius 3 is 2.73 bits per heavy atom. The van der Waals surface area contributed by atoms with Crippen molar-refractivity contribution in [3.63, 3.8) is 0 Å². The van der Waals surface area contributed by atoms with Crippen molar-refractivity contribution in [2.75, 3.05) is 0 Å². The van der Waals surface area contributed by atoms with Crippen LogP contribution in [-0.2, 0) is 0 Å². The normalized spacial score (nSPS) is 10.5. The minimum absolute atomic E-state index is 0.0903. The molecule has 0 aliphatic heterocycles. The van der Waals surface area contributed by atoms with Gasteiger partial charge in [-0.05, 0) is 18.2 Å². The summed E-state index contributed by atoms with van der Waals surface area (Å²) in [5.74, 6) is -0.188. The molecule has 1 heterocycles. The summed E-state index contributed by atoms with van der Waals surface area (Å²) < 4.78 is 0. The Balaban J connectivity index is 2.93. The average molecular weight is 149 g/mol. The summed E-state index contributed by atoms with van der Waals surface area (Å²) in [5.41, 5.74) is 0.574. The number of phenolic OH excluding ortho intramolecular Hbond substituents is 2. The number of nitrogens with one attached hydrogen (secondary N) is 1. The molecule has 0 fully saturated rings. The van der Waals surface area contributed by atoms with Crippen LogP contribution in [0.5, 0.6) is 11.5 Å². The van der Waals surface area contributed by atoms with Gasteiger partial charge in [0.1, 0.15) is 0 Å². The minimum atomic E-state index is -0.0973. The number of aromatic amines is 1. The molecule has 2 aromatic rings. The highest BCUT2D eigenvalue weighted by molar-refractivity contribution is 5.87. The molecule has 0 aliphatic rings. The molecule has 56 valence electrons. The molecule has 1 aromatic carbocycles. The van der Waals surface area contributed by atoms with Crippen molar-refractivity contribution in [3.05, 3.63) is 24.4 Å². The number of phenols is 2. The Kier molecular flexibility index (Phi) is 1.06. The molecule has 0 aliphatic carbocycles. The first-order valence-corrected chi connectivity index (χ1v) is 3.27. The van der Waals surface area contributed by atoms with Crippen molar-refractivity contribution in [1.29, 1.82) is 0 Å². The van der Waals surface area contributed by atoms with Gasteiger partial charge in [-0.3, -0.25) is 0 Å². The number of H-pyrrole nitrogens is 1. The fraction of sp³-hybridized carbons (Fsp3) is 0. The smallest absolute Gasteiger partial charge is 0.182 e. The Bertz CT molecular complexity index is 392. The Labute approximate surface area is 62.9 Å². The lowest BCUT2D eigenvalue weighted by molar-refractivity contribution is 0.407. The molecular formula is C8H7NO2. The van der Waals surface area contributed by atoms with Crippen LogP contribution in [0, 0.1) is 0 Å². The third-order valence-electron chi connectivity index (χ3n) is 1.68. The maximum Gasteiger partial charge on any atom is 0.182 e. The van der Waals surface area contributed by atoms with Crippen LogP contribution in [0.4, 0.5) is 0 Å². The second-order valence-corrected chi connectivity index (χ2v) is 2.38. The molecular weight excluding hydrogens is 142 g/mol. The molecule has 0 saturated carbocycles. The van der Waals surface area contributed by atoms with Gasteiger partial charge >= 0.3 is 0 Å². The lowest BCUT2D eigenvalue weighted by Crippen LogP contribution is -1.71. The lowest BCUT2D eigenvalue weighted by atomic mass is 10.2. The molecule has 3 nitrogen and oxygen atoms in total. The van der Waals surface area contributed by atoms with Crippen molar-refractivity contribution >= 4 is 10.9 Å². The molecule has 11 heavy (non-hydrogen) atoms. The van der Waals surface area contributed by atoms with E-state index in [9.17, 15) is 5.11 Å². The molecule has 0 saturated heterocycles. The molecule has 1 aromatic heterocycles. The minimum Gasteiger partial charge on any atom is -0.504 e. The highest BCUT2D eigenvalue weighted by Gasteiger charge is 2.04. The third kappa shape index (κ3) is 0.741. The van der Waals surface area contributed by atoms with Crippen molar-refractivity contribution < 1.29 is 10.2 Å². The van der Waals surface area contributed by atoms with Crippen LogP contribution in [-0.4, -0.2) is 15.2 Å². The number of hydrogen-bond acceptors (Lipinski definition) is 2. The molecule has 0 atom stereocenters. The monoisotopic (exact) mass is 149 g/mol. The number of aromatic nitrogens is 1. The molecule has 0 unspecified atom stereocenters. The van der Waals surface area contributed by atoms with Gasteiger partial charge in [-0.15, -0.1) is 0 Å². The van der Waals surface area contributed by atoms with E-state index < -0.39 is 0 Å². The lowest BCUT2D eigenvalue weighted by Gasteiger charge is -1.96. The van der Waals surface area contributed by atoms with E-state index in [-0.39, 0.29) is 11.5 Å². The van der Waals surface area contributed by atoms with E-state index in [1.54, 1.807) is 12.3 Å². The quantitative estimate of drug-likeness (QED) is 0.498. The number of hydrogen-bond donors (Lipinski definition) is 3. The van der Waals surface area contributed by atoms with Crippen LogP contribution >= 0.6 is 0 Å². The highest BCUT2D eigenvalue weighted by atomic mass is 16.3. The summed E-state index contributed by atoms with van der Waals surface area (Å²) in [6.45, 7) is 0. The Hall–Kier alpha value is -1.64. The number of rotatable bonds is 0. The maximum atomic E-state index is 9.27. The number of aromatic hydroxyl groups is 2. The van der Waals surface area contributed by atoms with Crippen molar-refractivity contribution in [3.8, 4) is 11.5 Å². The predicted molar refractivity (Wildman–Crippen MR) is 41.6 cm³/mol. The summed E-state index contributed by atoms with van der Waals surface area (Å²) in [7, 11) is 0. The van der Waals surface area contributed by atoms with Gasteiger partial charge < -0.3 is 15.2 Å². The van der Waals surface area contributed by atoms with Crippen LogP contribution in [0.15, 0.2) is 24.4 Å². The summed E-state index contributed by atoms with van der Waals surface area (Å²) in [4.78, 5) is 2.82. The first-order valence-electron chi connectivity index (χ1n) is 3.27. The zero-order valence-electron chi connectivity index (χ0n) is 5.70. The van der Waals surface area contributed by atoms with Crippen molar-refractivity contribution in [2.45, 2.75) is 0 Å². The first-order chi connectivity index (χ1) is 5.29. The van der Waals surface area contributed by atoms with Gasteiger partial charge in [0.25, 0.3) is 0 Å². The van der Waals surface area contributed by atoms with Crippen LogP contribution < -0.4 is 0 Å². The molecule has 2 rings (SSSR count). The second kappa shape index (κ2) is 1.92. The highest BCUT2D eigenvalue weighted by Crippen LogP contribution is 2.31. The van der Waals surface area contributed by atoms with Crippen LogP contribution in [0.2, 0.25) is 0 Å². The van der Waals surface area contributed by atoms with E-state index in [0.29, 0.717) is 5.52 Å². The molecule has 0 radical (unpaired) electrons. The first kappa shape index (κ1) is 6.09.